The SMILES string of the molecule is FC(F)(F)Oc1ccc(NCCc2csc(N3CCCC3)n2)nc1. The van der Waals surface area contributed by atoms with Crippen molar-refractivity contribution in [1.82, 2.24) is 9.97 Å². The molecule has 130 valence electrons. The number of hydrogen-bond acceptors (Lipinski definition) is 6. The van der Waals surface area contributed by atoms with Gasteiger partial charge in [0.05, 0.1) is 11.9 Å². The Hall–Kier alpha value is -2.03. The van der Waals surface area contributed by atoms with Crippen LogP contribution < -0.4 is 15.0 Å². The summed E-state index contributed by atoms with van der Waals surface area (Å²) in [5, 5.41) is 6.17. The standard InChI is InChI=1S/C15H17F3N4OS/c16-15(17,18)23-12-3-4-13(20-9-12)19-6-5-11-10-24-14(21-11)22-7-1-2-8-22/h3-4,9-10H,1-2,5-8H2,(H,19,20). The second-order valence-corrected chi connectivity index (χ2v) is 6.26. The Labute approximate surface area is 141 Å². The first-order valence-electron chi connectivity index (χ1n) is 7.65. The number of nitrogens with one attached hydrogen (secondary N) is 1. The maximum Gasteiger partial charge on any atom is 0.573 e. The molecule has 1 saturated heterocycles. The van der Waals surface area contributed by atoms with E-state index in [0.717, 1.165) is 36.5 Å². The molecule has 2 aromatic heterocycles. The number of aromatic nitrogens is 2. The van der Waals surface area contributed by atoms with E-state index in [2.05, 4.69) is 24.9 Å². The van der Waals surface area contributed by atoms with Crippen molar-refractivity contribution in [3.8, 4) is 5.75 Å². The van der Waals surface area contributed by atoms with Crippen LogP contribution in [0.4, 0.5) is 24.1 Å². The molecule has 9 heteroatoms. The van der Waals surface area contributed by atoms with Crippen LogP contribution in [0.1, 0.15) is 18.5 Å². The first-order chi connectivity index (χ1) is 11.5. The minimum atomic E-state index is -4.70. The van der Waals surface area contributed by atoms with Crippen molar-refractivity contribution in [1.29, 1.82) is 0 Å². The minimum absolute atomic E-state index is 0.331. The summed E-state index contributed by atoms with van der Waals surface area (Å²) in [6.07, 6.45) is -0.488. The molecule has 0 atom stereocenters. The van der Waals surface area contributed by atoms with Gasteiger partial charge in [-0.15, -0.1) is 24.5 Å². The maximum absolute atomic E-state index is 12.1. The van der Waals surface area contributed by atoms with Gasteiger partial charge in [-0.3, -0.25) is 0 Å². The van der Waals surface area contributed by atoms with Crippen LogP contribution in [0.2, 0.25) is 0 Å². The molecule has 0 spiro atoms. The third-order valence-electron chi connectivity index (χ3n) is 3.57. The summed E-state index contributed by atoms with van der Waals surface area (Å²) in [7, 11) is 0. The number of ether oxygens (including phenoxy) is 1. The van der Waals surface area contributed by atoms with Crippen molar-refractivity contribution < 1.29 is 17.9 Å². The van der Waals surface area contributed by atoms with E-state index in [0.29, 0.717) is 12.4 Å². The average Bonchev–Trinajstić information content (AvgIpc) is 3.18. The van der Waals surface area contributed by atoms with Gasteiger partial charge >= 0.3 is 6.36 Å². The Balaban J connectivity index is 1.46. The lowest BCUT2D eigenvalue weighted by Crippen LogP contribution is -2.17. The zero-order valence-corrected chi connectivity index (χ0v) is 13.7. The number of nitrogens with zero attached hydrogens (tertiary/aromatic N) is 3. The second kappa shape index (κ2) is 7.25. The third-order valence-corrected chi connectivity index (χ3v) is 4.52. The van der Waals surface area contributed by atoms with Crippen LogP contribution in [0.25, 0.3) is 0 Å². The van der Waals surface area contributed by atoms with Crippen LogP contribution in [0, 0.1) is 0 Å². The topological polar surface area (TPSA) is 50.3 Å². The summed E-state index contributed by atoms with van der Waals surface area (Å²) < 4.78 is 40.0. The van der Waals surface area contributed by atoms with Gasteiger partial charge in [0.15, 0.2) is 5.13 Å². The lowest BCUT2D eigenvalue weighted by Gasteiger charge is -2.12. The number of alkyl halides is 3. The van der Waals surface area contributed by atoms with Crippen LogP contribution in [-0.4, -0.2) is 36.0 Å². The van der Waals surface area contributed by atoms with E-state index < -0.39 is 6.36 Å². The monoisotopic (exact) mass is 358 g/mol. The molecule has 5 nitrogen and oxygen atoms in total. The summed E-state index contributed by atoms with van der Waals surface area (Å²) >= 11 is 1.65. The fraction of sp³-hybridized carbons (Fsp3) is 0.467. The van der Waals surface area contributed by atoms with Gasteiger partial charge in [0.2, 0.25) is 0 Å². The van der Waals surface area contributed by atoms with E-state index in [1.165, 1.54) is 25.0 Å². The van der Waals surface area contributed by atoms with Crippen molar-refractivity contribution in [3.05, 3.63) is 29.4 Å². The molecule has 0 amide bonds. The van der Waals surface area contributed by atoms with Crippen molar-refractivity contribution in [3.63, 3.8) is 0 Å². The van der Waals surface area contributed by atoms with Gasteiger partial charge in [-0.1, -0.05) is 0 Å². The molecular weight excluding hydrogens is 341 g/mol. The first-order valence-corrected chi connectivity index (χ1v) is 8.52. The minimum Gasteiger partial charge on any atom is -0.404 e. The Morgan fingerprint density at radius 3 is 2.71 bits per heavy atom. The molecule has 0 aromatic carbocycles. The Morgan fingerprint density at radius 2 is 2.04 bits per heavy atom. The molecule has 1 N–H and O–H groups in total. The summed E-state index contributed by atoms with van der Waals surface area (Å²) in [5.74, 6) is 0.169. The number of thiazole rings is 1. The average molecular weight is 358 g/mol. The van der Waals surface area contributed by atoms with Gasteiger partial charge in [-0.25, -0.2) is 9.97 Å². The third kappa shape index (κ3) is 4.73. The van der Waals surface area contributed by atoms with Crippen LogP contribution in [0.5, 0.6) is 5.75 Å². The molecule has 0 bridgehead atoms. The fourth-order valence-corrected chi connectivity index (χ4v) is 3.38. The van der Waals surface area contributed by atoms with Gasteiger partial charge in [0.25, 0.3) is 0 Å². The number of rotatable bonds is 6. The van der Waals surface area contributed by atoms with Crippen molar-refractivity contribution in [2.75, 3.05) is 29.9 Å². The molecule has 24 heavy (non-hydrogen) atoms. The molecular formula is C15H17F3N4OS. The van der Waals surface area contributed by atoms with E-state index >= 15 is 0 Å². The second-order valence-electron chi connectivity index (χ2n) is 5.42. The molecule has 3 heterocycles. The maximum atomic E-state index is 12.1. The quantitative estimate of drug-likeness (QED) is 0.853. The number of hydrogen-bond donors (Lipinski definition) is 1. The smallest absolute Gasteiger partial charge is 0.404 e. The molecule has 0 saturated carbocycles. The zero-order chi connectivity index (χ0) is 17.0. The van der Waals surface area contributed by atoms with Gasteiger partial charge < -0.3 is 15.0 Å². The molecule has 0 radical (unpaired) electrons. The Bertz CT molecular complexity index is 653. The van der Waals surface area contributed by atoms with Gasteiger partial charge in [0.1, 0.15) is 11.6 Å². The van der Waals surface area contributed by atoms with Crippen LogP contribution >= 0.6 is 11.3 Å². The number of anilines is 2. The summed E-state index contributed by atoms with van der Waals surface area (Å²) in [4.78, 5) is 10.8. The van der Waals surface area contributed by atoms with E-state index in [-0.39, 0.29) is 5.75 Å². The van der Waals surface area contributed by atoms with Crippen molar-refractivity contribution in [2.45, 2.75) is 25.6 Å². The molecule has 1 aliphatic heterocycles. The van der Waals surface area contributed by atoms with E-state index in [1.807, 2.05) is 5.38 Å². The summed E-state index contributed by atoms with van der Waals surface area (Å²) in [6.45, 7) is 2.75. The number of pyridine rings is 1. The highest BCUT2D eigenvalue weighted by molar-refractivity contribution is 7.13. The largest absolute Gasteiger partial charge is 0.573 e. The van der Waals surface area contributed by atoms with Crippen LogP contribution in [0.15, 0.2) is 23.7 Å². The zero-order valence-electron chi connectivity index (χ0n) is 12.8. The highest BCUT2D eigenvalue weighted by atomic mass is 32.1. The molecule has 0 aliphatic carbocycles. The molecule has 0 unspecified atom stereocenters. The van der Waals surface area contributed by atoms with Gasteiger partial charge in [0, 0.05) is 31.4 Å². The van der Waals surface area contributed by atoms with Crippen LogP contribution in [-0.2, 0) is 6.42 Å². The molecule has 3 rings (SSSR count). The Kier molecular flexibility index (Phi) is 5.08. The first kappa shape index (κ1) is 16.8. The summed E-state index contributed by atoms with van der Waals surface area (Å²) in [6, 6.07) is 2.69. The highest BCUT2D eigenvalue weighted by Gasteiger charge is 2.31. The van der Waals surface area contributed by atoms with Crippen LogP contribution in [0.3, 0.4) is 0 Å². The molecule has 2 aromatic rings. The number of halogens is 3. The fourth-order valence-electron chi connectivity index (χ4n) is 2.46. The Morgan fingerprint density at radius 1 is 1.25 bits per heavy atom. The lowest BCUT2D eigenvalue weighted by molar-refractivity contribution is -0.274. The lowest BCUT2D eigenvalue weighted by atomic mass is 10.3. The van der Waals surface area contributed by atoms with Gasteiger partial charge in [-0.05, 0) is 25.0 Å². The van der Waals surface area contributed by atoms with E-state index in [4.69, 9.17) is 0 Å². The van der Waals surface area contributed by atoms with E-state index in [9.17, 15) is 13.2 Å². The normalized spacial score (nSPS) is 14.9. The van der Waals surface area contributed by atoms with Crippen molar-refractivity contribution >= 4 is 22.3 Å². The van der Waals surface area contributed by atoms with Crippen molar-refractivity contribution in [2.24, 2.45) is 0 Å². The predicted octanol–water partition coefficient (Wildman–Crippen LogP) is 3.69. The molecule has 1 fully saturated rings. The summed E-state index contributed by atoms with van der Waals surface area (Å²) in [5.41, 5.74) is 1.01. The highest BCUT2D eigenvalue weighted by Crippen LogP contribution is 2.25. The van der Waals surface area contributed by atoms with Gasteiger partial charge in [-0.2, -0.15) is 0 Å². The molecule has 1 aliphatic rings. The van der Waals surface area contributed by atoms with E-state index in [1.54, 1.807) is 11.3 Å². The predicted molar refractivity (Wildman–Crippen MR) is 86.7 cm³/mol.